The molecular formula is C15H21N3S. The summed E-state index contributed by atoms with van der Waals surface area (Å²) in [6.45, 7) is 6.23. The molecule has 1 fully saturated rings. The van der Waals surface area contributed by atoms with Crippen LogP contribution in [0.25, 0.3) is 0 Å². The van der Waals surface area contributed by atoms with Gasteiger partial charge in [-0.25, -0.2) is 9.97 Å². The topological polar surface area (TPSA) is 49.6 Å². The van der Waals surface area contributed by atoms with Gasteiger partial charge in [0, 0.05) is 16.6 Å². The highest BCUT2D eigenvalue weighted by Crippen LogP contribution is 2.39. The highest BCUT2D eigenvalue weighted by atomic mass is 32.2. The van der Waals surface area contributed by atoms with E-state index in [0.29, 0.717) is 5.25 Å². The van der Waals surface area contributed by atoms with E-state index in [1.54, 1.807) is 11.8 Å². The predicted molar refractivity (Wildman–Crippen MR) is 77.9 cm³/mol. The number of rotatable bonds is 3. The molecule has 1 saturated carbocycles. The van der Waals surface area contributed by atoms with Crippen molar-refractivity contribution < 1.29 is 0 Å². The summed E-state index contributed by atoms with van der Waals surface area (Å²) in [4.78, 5) is 8.98. The summed E-state index contributed by atoms with van der Waals surface area (Å²) in [5.74, 6) is 0.908. The van der Waals surface area contributed by atoms with Crippen LogP contribution >= 0.6 is 11.8 Å². The summed E-state index contributed by atoms with van der Waals surface area (Å²) in [5.41, 5.74) is 2.01. The second-order valence-electron chi connectivity index (χ2n) is 5.41. The number of hydrogen-bond acceptors (Lipinski definition) is 4. The molecule has 1 aliphatic carbocycles. The molecule has 0 aromatic carbocycles. The first-order valence-electron chi connectivity index (χ1n) is 7.01. The summed E-state index contributed by atoms with van der Waals surface area (Å²) >= 11 is 1.70. The molecule has 19 heavy (non-hydrogen) atoms. The Morgan fingerprint density at radius 2 is 2.00 bits per heavy atom. The van der Waals surface area contributed by atoms with Gasteiger partial charge in [0.05, 0.1) is 12.0 Å². The monoisotopic (exact) mass is 275 g/mol. The first kappa shape index (κ1) is 14.3. The third kappa shape index (κ3) is 3.70. The van der Waals surface area contributed by atoms with Crippen LogP contribution < -0.4 is 0 Å². The van der Waals surface area contributed by atoms with Gasteiger partial charge in [0.2, 0.25) is 0 Å². The van der Waals surface area contributed by atoms with Crippen molar-refractivity contribution in [3.63, 3.8) is 0 Å². The van der Waals surface area contributed by atoms with Crippen LogP contribution in [0.4, 0.5) is 0 Å². The smallest absolute Gasteiger partial charge is 0.188 e. The van der Waals surface area contributed by atoms with E-state index < -0.39 is 0 Å². The molecule has 0 radical (unpaired) electrons. The zero-order valence-corrected chi connectivity index (χ0v) is 12.7. The standard InChI is InChI=1S/C15H21N3S/c1-4-12-5-6-13(9-16)14(8-12)19-15-17-10(2)7-11(3)18-15/h7,12-14H,4-6,8H2,1-3H3. The average Bonchev–Trinajstić information content (AvgIpc) is 2.37. The first-order valence-corrected chi connectivity index (χ1v) is 7.89. The normalized spacial score (nSPS) is 26.9. The van der Waals surface area contributed by atoms with Crippen molar-refractivity contribution in [2.75, 3.05) is 0 Å². The van der Waals surface area contributed by atoms with Crippen LogP contribution in [0, 0.1) is 37.0 Å². The molecule has 1 aliphatic rings. The van der Waals surface area contributed by atoms with E-state index in [2.05, 4.69) is 23.0 Å². The number of aryl methyl sites for hydroxylation is 2. The molecule has 3 atom stereocenters. The maximum atomic E-state index is 9.30. The Morgan fingerprint density at radius 1 is 1.32 bits per heavy atom. The Hall–Kier alpha value is -1.08. The molecule has 0 bridgehead atoms. The van der Waals surface area contributed by atoms with Gasteiger partial charge in [-0.2, -0.15) is 5.26 Å². The molecule has 0 spiro atoms. The van der Waals surface area contributed by atoms with Gasteiger partial charge >= 0.3 is 0 Å². The predicted octanol–water partition coefficient (Wildman–Crippen LogP) is 3.90. The summed E-state index contributed by atoms with van der Waals surface area (Å²) in [6.07, 6.45) is 4.55. The lowest BCUT2D eigenvalue weighted by Crippen LogP contribution is -2.26. The van der Waals surface area contributed by atoms with Gasteiger partial charge in [0.1, 0.15) is 0 Å². The van der Waals surface area contributed by atoms with Crippen LogP contribution in [0.3, 0.4) is 0 Å². The van der Waals surface area contributed by atoms with Crippen molar-refractivity contribution >= 4 is 11.8 Å². The van der Waals surface area contributed by atoms with E-state index in [0.717, 1.165) is 35.3 Å². The van der Waals surface area contributed by atoms with E-state index in [-0.39, 0.29) is 5.92 Å². The van der Waals surface area contributed by atoms with Crippen LogP contribution in [0.2, 0.25) is 0 Å². The van der Waals surface area contributed by atoms with Crippen LogP contribution in [-0.2, 0) is 0 Å². The highest BCUT2D eigenvalue weighted by molar-refractivity contribution is 7.99. The Kier molecular flexibility index (Phi) is 4.81. The van der Waals surface area contributed by atoms with Crippen LogP contribution in [0.15, 0.2) is 11.2 Å². The molecule has 0 amide bonds. The van der Waals surface area contributed by atoms with Crippen LogP contribution in [0.1, 0.15) is 44.0 Å². The molecule has 102 valence electrons. The minimum Gasteiger partial charge on any atom is -0.228 e. The zero-order valence-electron chi connectivity index (χ0n) is 11.9. The van der Waals surface area contributed by atoms with Crippen LogP contribution in [-0.4, -0.2) is 15.2 Å². The fraction of sp³-hybridized carbons (Fsp3) is 0.667. The lowest BCUT2D eigenvalue weighted by Gasteiger charge is -2.31. The summed E-state index contributed by atoms with van der Waals surface area (Å²) in [7, 11) is 0. The van der Waals surface area contributed by atoms with Gasteiger partial charge in [-0.05, 0) is 45.1 Å². The van der Waals surface area contributed by atoms with E-state index >= 15 is 0 Å². The number of nitriles is 1. The fourth-order valence-electron chi connectivity index (χ4n) is 2.74. The second-order valence-corrected chi connectivity index (χ2v) is 6.62. The molecule has 0 saturated heterocycles. The highest BCUT2D eigenvalue weighted by Gasteiger charge is 2.31. The number of thioether (sulfide) groups is 1. The largest absolute Gasteiger partial charge is 0.228 e. The molecule has 1 heterocycles. The summed E-state index contributed by atoms with van der Waals surface area (Å²) in [6, 6.07) is 4.46. The van der Waals surface area contributed by atoms with E-state index in [4.69, 9.17) is 0 Å². The van der Waals surface area contributed by atoms with E-state index in [1.165, 1.54) is 12.8 Å². The minimum absolute atomic E-state index is 0.150. The molecule has 1 aromatic heterocycles. The Balaban J connectivity index is 2.12. The quantitative estimate of drug-likeness (QED) is 0.785. The van der Waals surface area contributed by atoms with Gasteiger partial charge in [0.25, 0.3) is 0 Å². The SMILES string of the molecule is CCC1CCC(C#N)C(Sc2nc(C)cc(C)n2)C1. The van der Waals surface area contributed by atoms with Gasteiger partial charge < -0.3 is 0 Å². The number of aromatic nitrogens is 2. The van der Waals surface area contributed by atoms with Crippen molar-refractivity contribution in [3.8, 4) is 6.07 Å². The average molecular weight is 275 g/mol. The third-order valence-corrected chi connectivity index (χ3v) is 5.08. The molecule has 2 rings (SSSR count). The van der Waals surface area contributed by atoms with Crippen molar-refractivity contribution in [1.29, 1.82) is 5.26 Å². The summed E-state index contributed by atoms with van der Waals surface area (Å²) < 4.78 is 0. The number of hydrogen-bond donors (Lipinski definition) is 0. The molecule has 0 aliphatic heterocycles. The Morgan fingerprint density at radius 3 is 2.58 bits per heavy atom. The maximum Gasteiger partial charge on any atom is 0.188 e. The Bertz CT molecular complexity index is 461. The van der Waals surface area contributed by atoms with Gasteiger partial charge in [0.15, 0.2) is 5.16 Å². The molecule has 3 unspecified atom stereocenters. The van der Waals surface area contributed by atoms with Crippen molar-refractivity contribution in [1.82, 2.24) is 9.97 Å². The van der Waals surface area contributed by atoms with Crippen LogP contribution in [0.5, 0.6) is 0 Å². The second kappa shape index (κ2) is 6.38. The molecule has 4 heteroatoms. The van der Waals surface area contributed by atoms with Crippen molar-refractivity contribution in [2.45, 2.75) is 56.9 Å². The zero-order chi connectivity index (χ0) is 13.8. The lowest BCUT2D eigenvalue weighted by atomic mass is 9.81. The third-order valence-electron chi connectivity index (χ3n) is 3.86. The maximum absolute atomic E-state index is 9.30. The number of nitrogens with zero attached hydrogens (tertiary/aromatic N) is 3. The molecular weight excluding hydrogens is 254 g/mol. The minimum atomic E-state index is 0.150. The first-order chi connectivity index (χ1) is 9.12. The Labute approximate surface area is 119 Å². The van der Waals surface area contributed by atoms with E-state index in [9.17, 15) is 5.26 Å². The summed E-state index contributed by atoms with van der Waals surface area (Å²) in [5, 5.41) is 10.5. The van der Waals surface area contributed by atoms with Gasteiger partial charge in [-0.15, -0.1) is 0 Å². The molecule has 1 aromatic rings. The van der Waals surface area contributed by atoms with E-state index in [1.807, 2.05) is 19.9 Å². The van der Waals surface area contributed by atoms with Gasteiger partial charge in [-0.1, -0.05) is 25.1 Å². The molecule has 3 nitrogen and oxygen atoms in total. The lowest BCUT2D eigenvalue weighted by molar-refractivity contribution is 0.317. The van der Waals surface area contributed by atoms with Crippen molar-refractivity contribution in [2.24, 2.45) is 11.8 Å². The molecule has 0 N–H and O–H groups in total. The van der Waals surface area contributed by atoms with Crippen molar-refractivity contribution in [3.05, 3.63) is 17.5 Å². The fourth-order valence-corrected chi connectivity index (χ4v) is 4.14. The van der Waals surface area contributed by atoms with Gasteiger partial charge in [-0.3, -0.25) is 0 Å².